The molecule has 0 bridgehead atoms. The van der Waals surface area contributed by atoms with Crippen molar-refractivity contribution in [3.63, 3.8) is 0 Å². The van der Waals surface area contributed by atoms with Crippen molar-refractivity contribution in [3.05, 3.63) is 30.0 Å². The van der Waals surface area contributed by atoms with Crippen molar-refractivity contribution in [1.29, 1.82) is 0 Å². The third-order valence-electron chi connectivity index (χ3n) is 3.23. The zero-order valence-corrected chi connectivity index (χ0v) is 12.1. The van der Waals surface area contributed by atoms with Gasteiger partial charge >= 0.3 is 12.1 Å². The highest BCUT2D eigenvalue weighted by atomic mass is 19.4. The molecule has 0 aliphatic heterocycles. The minimum atomic E-state index is -4.69. The summed E-state index contributed by atoms with van der Waals surface area (Å²) < 4.78 is 38.5. The van der Waals surface area contributed by atoms with Gasteiger partial charge in [0, 0.05) is 12.4 Å². The number of hydrogen-bond donors (Lipinski definition) is 2. The Hall–Kier alpha value is -2.58. The second-order valence-corrected chi connectivity index (χ2v) is 5.04. The summed E-state index contributed by atoms with van der Waals surface area (Å²) in [5.41, 5.74) is 1.14. The number of carboxylic acids is 1. The fourth-order valence-corrected chi connectivity index (χ4v) is 2.25. The largest absolute Gasteiger partial charge is 0.480 e. The maximum Gasteiger partial charge on any atom is 0.391 e. The van der Waals surface area contributed by atoms with E-state index in [1.54, 1.807) is 36.0 Å². The molecular weight excluding hydrogens is 315 g/mol. The number of nitrogens with zero attached hydrogens (tertiary/aromatic N) is 2. The number of amides is 1. The van der Waals surface area contributed by atoms with Crippen molar-refractivity contribution in [3.8, 4) is 0 Å². The monoisotopic (exact) mass is 329 g/mol. The number of carbonyl (C=O) groups is 2. The third kappa shape index (κ3) is 4.21. The number of aryl methyl sites for hydroxylation is 1. The molecule has 0 aliphatic rings. The van der Waals surface area contributed by atoms with Crippen LogP contribution in [0.5, 0.6) is 0 Å². The summed E-state index contributed by atoms with van der Waals surface area (Å²) in [6, 6.07) is 5.03. The molecule has 0 aliphatic carbocycles. The van der Waals surface area contributed by atoms with Crippen LogP contribution in [0.1, 0.15) is 12.1 Å². The number of halogens is 3. The van der Waals surface area contributed by atoms with E-state index in [1.165, 1.54) is 0 Å². The van der Waals surface area contributed by atoms with Gasteiger partial charge in [-0.3, -0.25) is 9.48 Å². The lowest BCUT2D eigenvalue weighted by molar-refractivity contribution is -0.159. The minimum absolute atomic E-state index is 0.303. The van der Waals surface area contributed by atoms with E-state index < -0.39 is 30.5 Å². The van der Waals surface area contributed by atoms with E-state index in [1.807, 2.05) is 5.32 Å². The molecule has 0 spiro atoms. The lowest BCUT2D eigenvalue weighted by Gasteiger charge is -2.16. The molecule has 2 N–H and O–H groups in total. The summed E-state index contributed by atoms with van der Waals surface area (Å²) in [5, 5.41) is 15.5. The summed E-state index contributed by atoms with van der Waals surface area (Å²) in [4.78, 5) is 22.7. The molecule has 2 aromatic rings. The molecule has 1 aromatic heterocycles. The molecule has 1 aromatic carbocycles. The Labute approximate surface area is 128 Å². The van der Waals surface area contributed by atoms with Crippen LogP contribution < -0.4 is 5.32 Å². The van der Waals surface area contributed by atoms with Gasteiger partial charge in [0.2, 0.25) is 5.91 Å². The molecule has 1 amide bonds. The molecule has 0 fully saturated rings. The lowest BCUT2D eigenvalue weighted by atomic mass is 10.1. The molecule has 1 atom stereocenters. The zero-order valence-electron chi connectivity index (χ0n) is 12.1. The Morgan fingerprint density at radius 3 is 2.61 bits per heavy atom. The van der Waals surface area contributed by atoms with E-state index in [0.29, 0.717) is 11.1 Å². The first kappa shape index (κ1) is 16.8. The average Bonchev–Trinajstić information content (AvgIpc) is 2.74. The molecule has 1 unspecified atom stereocenters. The Bertz CT molecular complexity index is 740. The van der Waals surface area contributed by atoms with Crippen molar-refractivity contribution in [2.45, 2.75) is 25.1 Å². The lowest BCUT2D eigenvalue weighted by Crippen LogP contribution is -2.44. The van der Waals surface area contributed by atoms with Gasteiger partial charge in [-0.25, -0.2) is 4.79 Å². The van der Waals surface area contributed by atoms with Crippen LogP contribution in [-0.4, -0.2) is 39.0 Å². The van der Waals surface area contributed by atoms with Crippen molar-refractivity contribution in [2.24, 2.45) is 7.05 Å². The van der Waals surface area contributed by atoms with Crippen LogP contribution in [0, 0.1) is 0 Å². The Kier molecular flexibility index (Phi) is 4.57. The molecule has 2 rings (SSSR count). The molecule has 1 heterocycles. The number of hydrogen-bond acceptors (Lipinski definition) is 3. The summed E-state index contributed by atoms with van der Waals surface area (Å²) in [6.45, 7) is 0. The number of aromatic nitrogens is 2. The predicted molar refractivity (Wildman–Crippen MR) is 74.7 cm³/mol. The second kappa shape index (κ2) is 6.27. The number of para-hydroxylation sites is 1. The highest BCUT2D eigenvalue weighted by Crippen LogP contribution is 2.22. The van der Waals surface area contributed by atoms with E-state index in [9.17, 15) is 22.8 Å². The standard InChI is InChI=1S/C14H14F3N3O3/c1-20-11-5-3-2-4-8(11)9(19-20)6-12(21)18-10(13(22)23)7-14(15,16)17/h2-5,10H,6-7H2,1H3,(H,18,21)(H,22,23). The number of alkyl halides is 3. The summed E-state index contributed by atoms with van der Waals surface area (Å²) in [7, 11) is 1.67. The van der Waals surface area contributed by atoms with Crippen LogP contribution in [-0.2, 0) is 23.1 Å². The topological polar surface area (TPSA) is 84.2 Å². The molecular formula is C14H14F3N3O3. The van der Waals surface area contributed by atoms with Crippen LogP contribution in [0.25, 0.3) is 10.9 Å². The number of fused-ring (bicyclic) bond motifs is 1. The fraction of sp³-hybridized carbons (Fsp3) is 0.357. The van der Waals surface area contributed by atoms with E-state index in [2.05, 4.69) is 5.10 Å². The molecule has 0 saturated carbocycles. The number of aliphatic carboxylic acids is 1. The van der Waals surface area contributed by atoms with Crippen LogP contribution in [0.2, 0.25) is 0 Å². The van der Waals surface area contributed by atoms with Crippen LogP contribution in [0.3, 0.4) is 0 Å². The SMILES string of the molecule is Cn1nc(CC(=O)NC(CC(F)(F)F)C(=O)O)c2ccccc21. The molecule has 6 nitrogen and oxygen atoms in total. The molecule has 0 saturated heterocycles. The summed E-state index contributed by atoms with van der Waals surface area (Å²) in [6.07, 6.45) is -6.62. The van der Waals surface area contributed by atoms with Gasteiger partial charge in [-0.1, -0.05) is 18.2 Å². The maximum atomic E-state index is 12.3. The van der Waals surface area contributed by atoms with Crippen LogP contribution >= 0.6 is 0 Å². The van der Waals surface area contributed by atoms with Crippen molar-refractivity contribution in [1.82, 2.24) is 15.1 Å². The van der Waals surface area contributed by atoms with E-state index in [-0.39, 0.29) is 6.42 Å². The first-order valence-corrected chi connectivity index (χ1v) is 6.67. The van der Waals surface area contributed by atoms with Gasteiger partial charge in [0.15, 0.2) is 0 Å². The predicted octanol–water partition coefficient (Wildman–Crippen LogP) is 1.64. The number of carbonyl (C=O) groups excluding carboxylic acids is 1. The van der Waals surface area contributed by atoms with E-state index >= 15 is 0 Å². The quantitative estimate of drug-likeness (QED) is 0.873. The number of nitrogens with one attached hydrogen (secondary N) is 1. The van der Waals surface area contributed by atoms with E-state index in [0.717, 1.165) is 5.52 Å². The van der Waals surface area contributed by atoms with Crippen molar-refractivity contribution >= 4 is 22.8 Å². The Morgan fingerprint density at radius 2 is 2.00 bits per heavy atom. The van der Waals surface area contributed by atoms with Crippen LogP contribution in [0.4, 0.5) is 13.2 Å². The maximum absolute atomic E-state index is 12.3. The highest BCUT2D eigenvalue weighted by Gasteiger charge is 2.36. The van der Waals surface area contributed by atoms with Crippen molar-refractivity contribution < 1.29 is 27.9 Å². The number of rotatable bonds is 5. The Balaban J connectivity index is 2.12. The average molecular weight is 329 g/mol. The highest BCUT2D eigenvalue weighted by molar-refractivity contribution is 5.89. The van der Waals surface area contributed by atoms with Gasteiger partial charge in [-0.05, 0) is 6.07 Å². The van der Waals surface area contributed by atoms with Gasteiger partial charge in [0.05, 0.1) is 24.1 Å². The first-order chi connectivity index (χ1) is 10.7. The van der Waals surface area contributed by atoms with E-state index in [4.69, 9.17) is 5.11 Å². The molecule has 124 valence electrons. The summed E-state index contributed by atoms with van der Waals surface area (Å²) in [5.74, 6) is -2.56. The number of carboxylic acid groups (broad SMARTS) is 1. The Morgan fingerprint density at radius 1 is 1.35 bits per heavy atom. The fourth-order valence-electron chi connectivity index (χ4n) is 2.25. The second-order valence-electron chi connectivity index (χ2n) is 5.04. The van der Waals surface area contributed by atoms with Gasteiger partial charge < -0.3 is 10.4 Å². The summed E-state index contributed by atoms with van der Waals surface area (Å²) >= 11 is 0. The molecule has 9 heteroatoms. The third-order valence-corrected chi connectivity index (χ3v) is 3.23. The van der Waals surface area contributed by atoms with Crippen LogP contribution in [0.15, 0.2) is 24.3 Å². The first-order valence-electron chi connectivity index (χ1n) is 6.67. The zero-order chi connectivity index (χ0) is 17.2. The molecule has 0 radical (unpaired) electrons. The normalized spacial score (nSPS) is 13.0. The molecule has 23 heavy (non-hydrogen) atoms. The van der Waals surface area contributed by atoms with Crippen molar-refractivity contribution in [2.75, 3.05) is 0 Å². The van der Waals surface area contributed by atoms with Gasteiger partial charge in [-0.2, -0.15) is 18.3 Å². The van der Waals surface area contributed by atoms with Gasteiger partial charge in [-0.15, -0.1) is 0 Å². The smallest absolute Gasteiger partial charge is 0.391 e. The number of benzene rings is 1. The van der Waals surface area contributed by atoms with Gasteiger partial charge in [0.1, 0.15) is 6.04 Å². The minimum Gasteiger partial charge on any atom is -0.480 e. The van der Waals surface area contributed by atoms with Gasteiger partial charge in [0.25, 0.3) is 0 Å².